The number of sulfone groups is 1. The largest absolute Gasteiger partial charge is 0.399 e. The van der Waals surface area contributed by atoms with E-state index in [-0.39, 0.29) is 4.90 Å². The van der Waals surface area contributed by atoms with Gasteiger partial charge in [0.25, 0.3) is 0 Å². The SMILES string of the molecule is CC(C#N)S(=O)(=O)c1cccc(N)c1. The van der Waals surface area contributed by atoms with Gasteiger partial charge in [-0.05, 0) is 25.1 Å². The summed E-state index contributed by atoms with van der Waals surface area (Å²) in [6, 6.07) is 7.62. The summed E-state index contributed by atoms with van der Waals surface area (Å²) in [4.78, 5) is 0.0894. The van der Waals surface area contributed by atoms with Gasteiger partial charge in [0.15, 0.2) is 9.84 Å². The van der Waals surface area contributed by atoms with Gasteiger partial charge in [0, 0.05) is 5.69 Å². The lowest BCUT2D eigenvalue weighted by Crippen LogP contribution is -2.15. The van der Waals surface area contributed by atoms with Crippen LogP contribution in [0.4, 0.5) is 5.69 Å². The summed E-state index contributed by atoms with van der Waals surface area (Å²) in [6.45, 7) is 1.35. The smallest absolute Gasteiger partial charge is 0.194 e. The fraction of sp³-hybridized carbons (Fsp3) is 0.222. The van der Waals surface area contributed by atoms with Crippen LogP contribution in [0.3, 0.4) is 0 Å². The van der Waals surface area contributed by atoms with Gasteiger partial charge in [0.2, 0.25) is 0 Å². The number of benzene rings is 1. The summed E-state index contributed by atoms with van der Waals surface area (Å²) in [5.74, 6) is 0. The van der Waals surface area contributed by atoms with E-state index in [1.54, 1.807) is 18.2 Å². The number of hydrogen-bond donors (Lipinski definition) is 1. The van der Waals surface area contributed by atoms with Crippen LogP contribution in [0.5, 0.6) is 0 Å². The van der Waals surface area contributed by atoms with Crippen LogP contribution in [-0.4, -0.2) is 13.7 Å². The molecule has 0 bridgehead atoms. The number of nitrogen functional groups attached to an aromatic ring is 1. The molecule has 0 radical (unpaired) electrons. The van der Waals surface area contributed by atoms with Gasteiger partial charge in [-0.25, -0.2) is 8.42 Å². The number of rotatable bonds is 2. The minimum Gasteiger partial charge on any atom is -0.399 e. The molecule has 5 heteroatoms. The van der Waals surface area contributed by atoms with Gasteiger partial charge in [-0.3, -0.25) is 0 Å². The molecule has 2 N–H and O–H groups in total. The van der Waals surface area contributed by atoms with Gasteiger partial charge < -0.3 is 5.73 Å². The zero-order chi connectivity index (χ0) is 10.8. The summed E-state index contributed by atoms with van der Waals surface area (Å²) >= 11 is 0. The Morgan fingerprint density at radius 2 is 2.14 bits per heavy atom. The fourth-order valence-corrected chi connectivity index (χ4v) is 2.08. The molecule has 0 amide bonds. The normalized spacial score (nSPS) is 13.1. The Kier molecular flexibility index (Phi) is 2.77. The van der Waals surface area contributed by atoms with Crippen molar-refractivity contribution in [2.45, 2.75) is 17.1 Å². The monoisotopic (exact) mass is 210 g/mol. The zero-order valence-corrected chi connectivity index (χ0v) is 8.45. The molecular weight excluding hydrogens is 200 g/mol. The van der Waals surface area contributed by atoms with E-state index in [0.29, 0.717) is 5.69 Å². The summed E-state index contributed by atoms with van der Waals surface area (Å²) in [5.41, 5.74) is 5.82. The van der Waals surface area contributed by atoms with Crippen LogP contribution in [0.2, 0.25) is 0 Å². The van der Waals surface area contributed by atoms with Gasteiger partial charge in [-0.1, -0.05) is 6.07 Å². The van der Waals surface area contributed by atoms with E-state index in [9.17, 15) is 8.42 Å². The van der Waals surface area contributed by atoms with Gasteiger partial charge in [-0.15, -0.1) is 0 Å². The molecule has 0 aliphatic carbocycles. The Morgan fingerprint density at radius 1 is 1.50 bits per heavy atom. The zero-order valence-electron chi connectivity index (χ0n) is 7.64. The van der Waals surface area contributed by atoms with Crippen LogP contribution >= 0.6 is 0 Å². The second kappa shape index (κ2) is 3.68. The molecule has 4 nitrogen and oxygen atoms in total. The van der Waals surface area contributed by atoms with Crippen LogP contribution in [0.15, 0.2) is 29.2 Å². The topological polar surface area (TPSA) is 84.0 Å². The van der Waals surface area contributed by atoms with Crippen molar-refractivity contribution in [1.29, 1.82) is 5.26 Å². The molecule has 0 heterocycles. The molecule has 1 rings (SSSR count). The average molecular weight is 210 g/mol. The van der Waals surface area contributed by atoms with Crippen LogP contribution in [0.25, 0.3) is 0 Å². The molecule has 0 aliphatic heterocycles. The van der Waals surface area contributed by atoms with Crippen LogP contribution in [0.1, 0.15) is 6.92 Å². The Balaban J connectivity index is 3.26. The molecule has 14 heavy (non-hydrogen) atoms. The molecule has 0 saturated heterocycles. The molecule has 0 aliphatic rings. The van der Waals surface area contributed by atoms with Crippen molar-refractivity contribution >= 4 is 15.5 Å². The van der Waals surface area contributed by atoms with Gasteiger partial charge in [0.1, 0.15) is 5.25 Å². The number of nitrogens with zero attached hydrogens (tertiary/aromatic N) is 1. The Labute approximate surface area is 82.9 Å². The first-order valence-electron chi connectivity index (χ1n) is 3.97. The molecule has 0 fully saturated rings. The second-order valence-electron chi connectivity index (χ2n) is 2.89. The first kappa shape index (κ1) is 10.5. The molecule has 0 saturated carbocycles. The Hall–Kier alpha value is -1.54. The summed E-state index contributed by atoms with van der Waals surface area (Å²) in [6.07, 6.45) is 0. The van der Waals surface area contributed by atoms with Crippen LogP contribution in [-0.2, 0) is 9.84 Å². The highest BCUT2D eigenvalue weighted by molar-refractivity contribution is 7.92. The molecule has 1 unspecified atom stereocenters. The lowest BCUT2D eigenvalue weighted by atomic mass is 10.3. The van der Waals surface area contributed by atoms with Gasteiger partial charge in [0.05, 0.1) is 11.0 Å². The fourth-order valence-electron chi connectivity index (χ4n) is 0.965. The van der Waals surface area contributed by atoms with E-state index < -0.39 is 15.1 Å². The highest BCUT2D eigenvalue weighted by Crippen LogP contribution is 2.17. The lowest BCUT2D eigenvalue weighted by molar-refractivity contribution is 0.592. The summed E-state index contributed by atoms with van der Waals surface area (Å²) in [7, 11) is -3.55. The average Bonchev–Trinajstić information content (AvgIpc) is 2.16. The van der Waals surface area contributed by atoms with Crippen molar-refractivity contribution in [3.8, 4) is 6.07 Å². The number of hydrogen-bond acceptors (Lipinski definition) is 4. The predicted octanol–water partition coefficient (Wildman–Crippen LogP) is 0.955. The molecular formula is C9H10N2O2S. The summed E-state index contributed by atoms with van der Waals surface area (Å²) < 4.78 is 23.3. The molecule has 1 aromatic rings. The van der Waals surface area contributed by atoms with Crippen molar-refractivity contribution < 1.29 is 8.42 Å². The van der Waals surface area contributed by atoms with E-state index in [1.807, 2.05) is 0 Å². The Morgan fingerprint density at radius 3 is 2.64 bits per heavy atom. The maximum atomic E-state index is 11.6. The van der Waals surface area contributed by atoms with E-state index in [0.717, 1.165) is 0 Å². The van der Waals surface area contributed by atoms with E-state index in [4.69, 9.17) is 11.0 Å². The van der Waals surface area contributed by atoms with Crippen molar-refractivity contribution in [3.05, 3.63) is 24.3 Å². The number of nitrogens with two attached hydrogens (primary N) is 1. The minimum absolute atomic E-state index is 0.0894. The highest BCUT2D eigenvalue weighted by Gasteiger charge is 2.22. The number of anilines is 1. The van der Waals surface area contributed by atoms with Crippen molar-refractivity contribution in [1.82, 2.24) is 0 Å². The van der Waals surface area contributed by atoms with E-state index in [2.05, 4.69) is 0 Å². The maximum Gasteiger partial charge on any atom is 0.194 e. The van der Waals surface area contributed by atoms with E-state index >= 15 is 0 Å². The number of nitriles is 1. The molecule has 0 aromatic heterocycles. The van der Waals surface area contributed by atoms with Gasteiger partial charge >= 0.3 is 0 Å². The molecule has 1 aromatic carbocycles. The molecule has 74 valence electrons. The van der Waals surface area contributed by atoms with Crippen LogP contribution in [0, 0.1) is 11.3 Å². The Bertz CT molecular complexity index is 474. The van der Waals surface area contributed by atoms with Crippen molar-refractivity contribution in [3.63, 3.8) is 0 Å². The minimum atomic E-state index is -3.55. The first-order chi connectivity index (χ1) is 6.48. The standard InChI is InChI=1S/C9H10N2O2S/c1-7(6-10)14(12,13)9-4-2-3-8(11)5-9/h2-5,7H,11H2,1H3. The third-order valence-corrected chi connectivity index (χ3v) is 3.78. The molecule has 0 spiro atoms. The maximum absolute atomic E-state index is 11.6. The predicted molar refractivity (Wildman–Crippen MR) is 53.1 cm³/mol. The molecule has 1 atom stereocenters. The second-order valence-corrected chi connectivity index (χ2v) is 5.16. The van der Waals surface area contributed by atoms with Gasteiger partial charge in [-0.2, -0.15) is 5.26 Å². The lowest BCUT2D eigenvalue weighted by Gasteiger charge is -2.05. The quantitative estimate of drug-likeness (QED) is 0.737. The highest BCUT2D eigenvalue weighted by atomic mass is 32.2. The first-order valence-corrected chi connectivity index (χ1v) is 5.52. The van der Waals surface area contributed by atoms with Crippen molar-refractivity contribution in [2.75, 3.05) is 5.73 Å². The summed E-state index contributed by atoms with van der Waals surface area (Å²) in [5, 5.41) is 7.49. The third-order valence-electron chi connectivity index (χ3n) is 1.83. The third kappa shape index (κ3) is 1.86. The van der Waals surface area contributed by atoms with E-state index in [1.165, 1.54) is 19.1 Å². The van der Waals surface area contributed by atoms with Crippen LogP contribution < -0.4 is 5.73 Å². The van der Waals surface area contributed by atoms with Crippen molar-refractivity contribution in [2.24, 2.45) is 0 Å².